The Morgan fingerprint density at radius 1 is 1.73 bits per heavy atom. The Bertz CT molecular complexity index is 138. The third-order valence-electron chi connectivity index (χ3n) is 2.29. The number of hydrogen-bond donors (Lipinski definition) is 2. The minimum Gasteiger partial charge on any atom is -0.388 e. The fraction of sp³-hybridized carbons (Fsp3) is 0.778. The van der Waals surface area contributed by atoms with Gasteiger partial charge in [0.2, 0.25) is 0 Å². The molecule has 0 aromatic rings. The average Bonchev–Trinajstić information content (AvgIpc) is 2.05. The maximum atomic E-state index is 9.61. The molecule has 0 radical (unpaired) electrons. The van der Waals surface area contributed by atoms with E-state index in [2.05, 4.69) is 11.9 Å². The van der Waals surface area contributed by atoms with E-state index in [4.69, 9.17) is 0 Å². The number of rotatable bonds is 2. The predicted octanol–water partition coefficient (Wildman–Crippen LogP) is 0.923. The van der Waals surface area contributed by atoms with Gasteiger partial charge in [-0.15, -0.1) is 0 Å². The Kier molecular flexibility index (Phi) is 3.09. The highest BCUT2D eigenvalue weighted by Gasteiger charge is 2.21. The first kappa shape index (κ1) is 8.75. The van der Waals surface area contributed by atoms with E-state index in [0.29, 0.717) is 5.92 Å². The second-order valence-corrected chi connectivity index (χ2v) is 3.40. The summed E-state index contributed by atoms with van der Waals surface area (Å²) in [6, 6.07) is 0. The van der Waals surface area contributed by atoms with Gasteiger partial charge in [0.05, 0.1) is 6.10 Å². The maximum absolute atomic E-state index is 9.61. The summed E-state index contributed by atoms with van der Waals surface area (Å²) in [7, 11) is 0. The Balaban J connectivity index is 2.38. The third kappa shape index (κ3) is 2.31. The lowest BCUT2D eigenvalue weighted by molar-refractivity contribution is 0.123. The van der Waals surface area contributed by atoms with E-state index in [1.807, 2.05) is 6.92 Å². The van der Waals surface area contributed by atoms with E-state index in [1.54, 1.807) is 0 Å². The van der Waals surface area contributed by atoms with Crippen LogP contribution in [0.2, 0.25) is 0 Å². The highest BCUT2D eigenvalue weighted by Crippen LogP contribution is 2.18. The summed E-state index contributed by atoms with van der Waals surface area (Å²) in [4.78, 5) is 0. The highest BCUT2D eigenvalue weighted by atomic mass is 16.3. The monoisotopic (exact) mass is 155 g/mol. The zero-order valence-electron chi connectivity index (χ0n) is 7.14. The molecule has 0 amide bonds. The Labute approximate surface area is 68.3 Å². The topological polar surface area (TPSA) is 32.3 Å². The van der Waals surface area contributed by atoms with Gasteiger partial charge in [-0.05, 0) is 26.3 Å². The zero-order valence-corrected chi connectivity index (χ0v) is 7.14. The number of hydrogen-bond acceptors (Lipinski definition) is 2. The van der Waals surface area contributed by atoms with Crippen molar-refractivity contribution in [2.75, 3.05) is 13.1 Å². The van der Waals surface area contributed by atoms with Gasteiger partial charge in [0.25, 0.3) is 0 Å². The van der Waals surface area contributed by atoms with Gasteiger partial charge in [-0.2, -0.15) is 0 Å². The molecule has 1 aliphatic rings. The number of piperidine rings is 1. The fourth-order valence-electron chi connectivity index (χ4n) is 1.55. The normalized spacial score (nSPS) is 28.0. The lowest BCUT2D eigenvalue weighted by Gasteiger charge is -2.27. The van der Waals surface area contributed by atoms with Gasteiger partial charge < -0.3 is 10.4 Å². The van der Waals surface area contributed by atoms with Crippen molar-refractivity contribution in [3.8, 4) is 0 Å². The summed E-state index contributed by atoms with van der Waals surface area (Å²) in [6.07, 6.45) is 2.00. The van der Waals surface area contributed by atoms with Gasteiger partial charge in [-0.1, -0.05) is 12.2 Å². The van der Waals surface area contributed by atoms with Crippen LogP contribution in [0.5, 0.6) is 0 Å². The Morgan fingerprint density at radius 3 is 2.91 bits per heavy atom. The van der Waals surface area contributed by atoms with Crippen LogP contribution in [-0.4, -0.2) is 24.3 Å². The summed E-state index contributed by atoms with van der Waals surface area (Å²) < 4.78 is 0. The van der Waals surface area contributed by atoms with Crippen molar-refractivity contribution < 1.29 is 5.11 Å². The van der Waals surface area contributed by atoms with Crippen molar-refractivity contribution in [2.45, 2.75) is 25.9 Å². The van der Waals surface area contributed by atoms with E-state index >= 15 is 0 Å². The lowest BCUT2D eigenvalue weighted by Crippen LogP contribution is -2.37. The van der Waals surface area contributed by atoms with E-state index in [-0.39, 0.29) is 6.10 Å². The van der Waals surface area contributed by atoms with E-state index < -0.39 is 0 Å². The molecular weight excluding hydrogens is 138 g/mol. The van der Waals surface area contributed by atoms with Gasteiger partial charge in [0.15, 0.2) is 0 Å². The van der Waals surface area contributed by atoms with Crippen LogP contribution < -0.4 is 5.32 Å². The molecule has 0 spiro atoms. The summed E-state index contributed by atoms with van der Waals surface area (Å²) in [5.41, 5.74) is 0.888. The van der Waals surface area contributed by atoms with Crippen LogP contribution in [0.15, 0.2) is 12.2 Å². The molecule has 0 saturated carbocycles. The highest BCUT2D eigenvalue weighted by molar-refractivity contribution is 5.00. The van der Waals surface area contributed by atoms with Crippen LogP contribution in [0, 0.1) is 5.92 Å². The summed E-state index contributed by atoms with van der Waals surface area (Å²) >= 11 is 0. The first-order valence-electron chi connectivity index (χ1n) is 4.26. The van der Waals surface area contributed by atoms with E-state index in [9.17, 15) is 5.11 Å². The van der Waals surface area contributed by atoms with Crippen molar-refractivity contribution in [1.29, 1.82) is 0 Å². The molecule has 11 heavy (non-hydrogen) atoms. The molecule has 0 bridgehead atoms. The van der Waals surface area contributed by atoms with Crippen molar-refractivity contribution in [3.05, 3.63) is 12.2 Å². The zero-order chi connectivity index (χ0) is 8.27. The number of nitrogens with one attached hydrogen (secondary N) is 1. The van der Waals surface area contributed by atoms with Crippen LogP contribution >= 0.6 is 0 Å². The molecule has 1 fully saturated rings. The molecule has 2 atom stereocenters. The van der Waals surface area contributed by atoms with Gasteiger partial charge in [-0.3, -0.25) is 0 Å². The molecule has 0 aromatic heterocycles. The lowest BCUT2D eigenvalue weighted by atomic mass is 9.90. The van der Waals surface area contributed by atoms with Gasteiger partial charge in [0, 0.05) is 12.5 Å². The van der Waals surface area contributed by atoms with E-state index in [1.165, 1.54) is 6.42 Å². The average molecular weight is 155 g/mol. The van der Waals surface area contributed by atoms with Crippen LogP contribution in [0.25, 0.3) is 0 Å². The minimum absolute atomic E-state index is 0.303. The molecule has 0 aromatic carbocycles. The Morgan fingerprint density at radius 2 is 2.45 bits per heavy atom. The van der Waals surface area contributed by atoms with Gasteiger partial charge >= 0.3 is 0 Å². The van der Waals surface area contributed by atoms with Crippen molar-refractivity contribution in [2.24, 2.45) is 5.92 Å². The molecule has 2 heteroatoms. The molecular formula is C9H17NO. The largest absolute Gasteiger partial charge is 0.388 e. The molecule has 1 saturated heterocycles. The van der Waals surface area contributed by atoms with Crippen molar-refractivity contribution in [1.82, 2.24) is 5.32 Å². The second kappa shape index (κ2) is 3.88. The third-order valence-corrected chi connectivity index (χ3v) is 2.29. The molecule has 1 aliphatic heterocycles. The van der Waals surface area contributed by atoms with Gasteiger partial charge in [0.1, 0.15) is 0 Å². The molecule has 2 nitrogen and oxygen atoms in total. The maximum Gasteiger partial charge on any atom is 0.0785 e. The number of aliphatic hydroxyl groups excluding tert-OH is 1. The predicted molar refractivity (Wildman–Crippen MR) is 46.4 cm³/mol. The first-order chi connectivity index (χ1) is 5.22. The first-order valence-corrected chi connectivity index (χ1v) is 4.26. The quantitative estimate of drug-likeness (QED) is 0.581. The summed E-state index contributed by atoms with van der Waals surface area (Å²) in [5, 5.41) is 12.9. The summed E-state index contributed by atoms with van der Waals surface area (Å²) in [6.45, 7) is 7.68. The molecule has 1 rings (SSSR count). The van der Waals surface area contributed by atoms with Gasteiger partial charge in [-0.25, -0.2) is 0 Å². The minimum atomic E-state index is -0.303. The standard InChI is InChI=1S/C9H17NO/c1-7(2)9(11)8-4-3-5-10-6-8/h8-11H,1,3-6H2,2H3. The number of aliphatic hydroxyl groups is 1. The molecule has 0 aliphatic carbocycles. The fourth-order valence-corrected chi connectivity index (χ4v) is 1.55. The van der Waals surface area contributed by atoms with Crippen LogP contribution in [0.4, 0.5) is 0 Å². The Hall–Kier alpha value is -0.340. The van der Waals surface area contributed by atoms with Crippen molar-refractivity contribution in [3.63, 3.8) is 0 Å². The SMILES string of the molecule is C=C(C)C(O)C1CCCNC1. The smallest absolute Gasteiger partial charge is 0.0785 e. The molecule has 2 unspecified atom stereocenters. The second-order valence-electron chi connectivity index (χ2n) is 3.40. The van der Waals surface area contributed by atoms with Crippen LogP contribution in [0.1, 0.15) is 19.8 Å². The van der Waals surface area contributed by atoms with Crippen molar-refractivity contribution >= 4 is 0 Å². The molecule has 1 heterocycles. The van der Waals surface area contributed by atoms with E-state index in [0.717, 1.165) is 25.1 Å². The van der Waals surface area contributed by atoms with Crippen LogP contribution in [-0.2, 0) is 0 Å². The summed E-state index contributed by atoms with van der Waals surface area (Å²) in [5.74, 6) is 0.390. The molecule has 2 N–H and O–H groups in total. The molecule has 64 valence electrons. The van der Waals surface area contributed by atoms with Crippen LogP contribution in [0.3, 0.4) is 0 Å².